The highest BCUT2D eigenvalue weighted by Gasteiger charge is 2.21. The van der Waals surface area contributed by atoms with E-state index >= 15 is 0 Å². The summed E-state index contributed by atoms with van der Waals surface area (Å²) in [6.07, 6.45) is 1.11. The smallest absolute Gasteiger partial charge is 0.355 e. The van der Waals surface area contributed by atoms with Gasteiger partial charge in [-0.2, -0.15) is 0 Å². The Balaban J connectivity index is 1.94. The summed E-state index contributed by atoms with van der Waals surface area (Å²) < 4.78 is 5.19. The van der Waals surface area contributed by atoms with E-state index in [0.29, 0.717) is 24.1 Å². The summed E-state index contributed by atoms with van der Waals surface area (Å²) in [5, 5.41) is 2.71. The summed E-state index contributed by atoms with van der Waals surface area (Å²) >= 11 is 0. The van der Waals surface area contributed by atoms with E-state index in [1.54, 1.807) is 24.3 Å². The van der Waals surface area contributed by atoms with Gasteiger partial charge in [0, 0.05) is 30.8 Å². The molecule has 1 aromatic carbocycles. The fraction of sp³-hybridized carbons (Fsp3) is 0.300. The number of aromatic amines is 1. The van der Waals surface area contributed by atoms with Crippen molar-refractivity contribution in [2.75, 3.05) is 6.54 Å². The zero-order valence-corrected chi connectivity index (χ0v) is 15.5. The van der Waals surface area contributed by atoms with Crippen molar-refractivity contribution < 1.29 is 23.9 Å². The molecule has 142 valence electrons. The molecule has 0 bridgehead atoms. The number of nitrogens with one attached hydrogen (secondary N) is 2. The minimum Gasteiger partial charge on any atom is -0.450 e. The van der Waals surface area contributed by atoms with Gasteiger partial charge in [-0.05, 0) is 31.9 Å². The van der Waals surface area contributed by atoms with Gasteiger partial charge in [0.25, 0.3) is 0 Å². The molecule has 0 saturated carbocycles. The summed E-state index contributed by atoms with van der Waals surface area (Å²) in [6, 6.07) is 8.32. The fourth-order valence-electron chi connectivity index (χ4n) is 2.45. The number of hydrogen-bond acceptors (Lipinski definition) is 5. The van der Waals surface area contributed by atoms with Crippen LogP contribution in [0, 0.1) is 0 Å². The zero-order valence-electron chi connectivity index (χ0n) is 15.5. The van der Waals surface area contributed by atoms with Crippen molar-refractivity contribution in [3.63, 3.8) is 0 Å². The molecule has 0 spiro atoms. The highest BCUT2D eigenvalue weighted by atomic mass is 16.5. The van der Waals surface area contributed by atoms with Crippen LogP contribution in [0.3, 0.4) is 0 Å². The Bertz CT molecular complexity index is 852. The third-order valence-corrected chi connectivity index (χ3v) is 3.99. The molecule has 1 heterocycles. The van der Waals surface area contributed by atoms with E-state index in [1.807, 2.05) is 0 Å². The molecular weight excluding hydrogens is 348 g/mol. The minimum absolute atomic E-state index is 0.0880. The SMILES string of the molecule is CC(=O)NCCc1ccc(C(=O)[C@H](C)OC(=O)c2cc(C(C)=O)c[nH]2)cc1. The van der Waals surface area contributed by atoms with E-state index in [0.717, 1.165) is 5.56 Å². The molecule has 1 aromatic heterocycles. The number of benzene rings is 1. The van der Waals surface area contributed by atoms with Crippen LogP contribution in [0.1, 0.15) is 57.5 Å². The largest absolute Gasteiger partial charge is 0.450 e. The third kappa shape index (κ3) is 5.64. The van der Waals surface area contributed by atoms with Gasteiger partial charge in [-0.3, -0.25) is 14.4 Å². The highest BCUT2D eigenvalue weighted by molar-refractivity contribution is 6.02. The highest BCUT2D eigenvalue weighted by Crippen LogP contribution is 2.12. The van der Waals surface area contributed by atoms with Crippen LogP contribution in [0.15, 0.2) is 36.5 Å². The lowest BCUT2D eigenvalue weighted by atomic mass is 10.0. The molecule has 2 rings (SSSR count). The van der Waals surface area contributed by atoms with Crippen LogP contribution >= 0.6 is 0 Å². The van der Waals surface area contributed by atoms with E-state index in [9.17, 15) is 19.2 Å². The molecule has 2 N–H and O–H groups in total. The molecular formula is C20H22N2O5. The van der Waals surface area contributed by atoms with Gasteiger partial charge in [0.15, 0.2) is 11.9 Å². The Morgan fingerprint density at radius 1 is 1.07 bits per heavy atom. The topological polar surface area (TPSA) is 105 Å². The number of hydrogen-bond donors (Lipinski definition) is 2. The Labute approximate surface area is 157 Å². The normalized spacial score (nSPS) is 11.5. The molecule has 7 heteroatoms. The molecule has 0 radical (unpaired) electrons. The second-order valence-electron chi connectivity index (χ2n) is 6.20. The van der Waals surface area contributed by atoms with Crippen LogP contribution in [-0.2, 0) is 16.0 Å². The minimum atomic E-state index is -0.966. The van der Waals surface area contributed by atoms with Crippen molar-refractivity contribution in [2.45, 2.75) is 33.3 Å². The standard InChI is InChI=1S/C20H22N2O5/c1-12(23)17-10-18(22-11-17)20(26)27-13(2)19(25)16-6-4-15(5-7-16)8-9-21-14(3)24/h4-7,10-11,13,22H,8-9H2,1-3H3,(H,21,24)/t13-/m0/s1. The van der Waals surface area contributed by atoms with Crippen LogP contribution in [0.5, 0.6) is 0 Å². The monoisotopic (exact) mass is 370 g/mol. The summed E-state index contributed by atoms with van der Waals surface area (Å²) in [5.74, 6) is -1.28. The maximum Gasteiger partial charge on any atom is 0.355 e. The molecule has 1 amide bonds. The molecule has 27 heavy (non-hydrogen) atoms. The van der Waals surface area contributed by atoms with Gasteiger partial charge < -0.3 is 15.0 Å². The Hall–Kier alpha value is -3.22. The van der Waals surface area contributed by atoms with Gasteiger partial charge >= 0.3 is 5.97 Å². The molecule has 0 fully saturated rings. The summed E-state index contributed by atoms with van der Waals surface area (Å²) in [6.45, 7) is 4.87. The number of ether oxygens (including phenoxy) is 1. The lowest BCUT2D eigenvalue weighted by molar-refractivity contribution is -0.118. The van der Waals surface area contributed by atoms with E-state index < -0.39 is 12.1 Å². The van der Waals surface area contributed by atoms with Gasteiger partial charge in [-0.15, -0.1) is 0 Å². The summed E-state index contributed by atoms with van der Waals surface area (Å²) in [4.78, 5) is 49.4. The van der Waals surface area contributed by atoms with Gasteiger partial charge in [-0.25, -0.2) is 4.79 Å². The number of ketones is 2. The van der Waals surface area contributed by atoms with E-state index in [-0.39, 0.29) is 23.2 Å². The first-order chi connectivity index (χ1) is 12.8. The van der Waals surface area contributed by atoms with Crippen molar-refractivity contribution >= 4 is 23.4 Å². The predicted octanol–water partition coefficient (Wildman–Crippen LogP) is 2.32. The first-order valence-corrected chi connectivity index (χ1v) is 8.56. The van der Waals surface area contributed by atoms with E-state index in [2.05, 4.69) is 10.3 Å². The maximum atomic E-state index is 12.4. The van der Waals surface area contributed by atoms with Crippen molar-refractivity contribution in [1.29, 1.82) is 0 Å². The number of amides is 1. The second kappa shape index (κ2) is 8.93. The molecule has 0 aliphatic rings. The molecule has 2 aromatic rings. The number of carbonyl (C=O) groups excluding carboxylic acids is 4. The molecule has 7 nitrogen and oxygen atoms in total. The molecule has 1 atom stereocenters. The van der Waals surface area contributed by atoms with Crippen molar-refractivity contribution in [2.24, 2.45) is 0 Å². The van der Waals surface area contributed by atoms with Crippen LogP contribution in [0.25, 0.3) is 0 Å². The number of esters is 1. The number of aromatic nitrogens is 1. The predicted molar refractivity (Wildman–Crippen MR) is 98.8 cm³/mol. The number of Topliss-reactive ketones (excluding diaryl/α,β-unsaturated/α-hetero) is 2. The van der Waals surface area contributed by atoms with Gasteiger partial charge in [0.1, 0.15) is 5.69 Å². The van der Waals surface area contributed by atoms with Gasteiger partial charge in [0.2, 0.25) is 11.7 Å². The first-order valence-electron chi connectivity index (χ1n) is 8.56. The van der Waals surface area contributed by atoms with Crippen molar-refractivity contribution in [3.8, 4) is 0 Å². The van der Waals surface area contributed by atoms with Crippen LogP contribution < -0.4 is 5.32 Å². The number of rotatable bonds is 8. The van der Waals surface area contributed by atoms with Crippen LogP contribution in [0.4, 0.5) is 0 Å². The number of H-pyrrole nitrogens is 1. The maximum absolute atomic E-state index is 12.4. The average Bonchev–Trinajstić information content (AvgIpc) is 3.12. The molecule has 0 aliphatic heterocycles. The number of carbonyl (C=O) groups is 4. The Morgan fingerprint density at radius 2 is 1.74 bits per heavy atom. The van der Waals surface area contributed by atoms with Crippen molar-refractivity contribution in [1.82, 2.24) is 10.3 Å². The summed E-state index contributed by atoms with van der Waals surface area (Å²) in [5.41, 5.74) is 1.89. The molecule has 0 unspecified atom stereocenters. The lowest BCUT2D eigenvalue weighted by Gasteiger charge is -2.12. The first kappa shape index (κ1) is 20.1. The lowest BCUT2D eigenvalue weighted by Crippen LogP contribution is -2.24. The zero-order chi connectivity index (χ0) is 20.0. The molecule has 0 aliphatic carbocycles. The molecule has 0 saturated heterocycles. The van der Waals surface area contributed by atoms with Crippen molar-refractivity contribution in [3.05, 3.63) is 58.9 Å². The van der Waals surface area contributed by atoms with E-state index in [4.69, 9.17) is 4.74 Å². The second-order valence-corrected chi connectivity index (χ2v) is 6.20. The van der Waals surface area contributed by atoms with Crippen LogP contribution in [0.2, 0.25) is 0 Å². The van der Waals surface area contributed by atoms with Gasteiger partial charge in [0.05, 0.1) is 0 Å². The Morgan fingerprint density at radius 3 is 2.30 bits per heavy atom. The average molecular weight is 370 g/mol. The van der Waals surface area contributed by atoms with Gasteiger partial charge in [-0.1, -0.05) is 24.3 Å². The Kier molecular flexibility index (Phi) is 6.65. The fourth-order valence-corrected chi connectivity index (χ4v) is 2.45. The summed E-state index contributed by atoms with van der Waals surface area (Å²) in [7, 11) is 0. The quantitative estimate of drug-likeness (QED) is 0.548. The van der Waals surface area contributed by atoms with E-state index in [1.165, 1.54) is 33.0 Å². The van der Waals surface area contributed by atoms with Crippen LogP contribution in [-0.4, -0.2) is 41.1 Å². The third-order valence-electron chi connectivity index (χ3n) is 3.99.